The third-order valence-corrected chi connectivity index (χ3v) is 6.16. The van der Waals surface area contributed by atoms with Gasteiger partial charge in [0.25, 0.3) is 11.8 Å². The number of carbonyl (C=O) groups is 2. The molecule has 5 rings (SSSR count). The lowest BCUT2D eigenvalue weighted by atomic mass is 10.0. The molecule has 1 saturated heterocycles. The Kier molecular flexibility index (Phi) is 5.60. The molecule has 2 aromatic carbocycles. The van der Waals surface area contributed by atoms with E-state index in [1.165, 1.54) is 4.90 Å². The number of nitrogens with zero attached hydrogens (tertiary/aromatic N) is 5. The van der Waals surface area contributed by atoms with Crippen LogP contribution in [0.2, 0.25) is 0 Å². The van der Waals surface area contributed by atoms with Crippen LogP contribution in [0.1, 0.15) is 18.1 Å². The molecule has 0 saturated carbocycles. The molecular weight excluding hydrogens is 414 g/mol. The van der Waals surface area contributed by atoms with Gasteiger partial charge in [0.05, 0.1) is 11.3 Å². The van der Waals surface area contributed by atoms with Crippen LogP contribution in [0.3, 0.4) is 0 Å². The molecular formula is C26H25N5O2. The molecule has 3 aromatic rings. The highest BCUT2D eigenvalue weighted by Gasteiger charge is 2.43. The number of hydrogen-bond acceptors (Lipinski definition) is 6. The number of amides is 2. The number of anilines is 2. The number of imide groups is 1. The van der Waals surface area contributed by atoms with Crippen molar-refractivity contribution in [3.63, 3.8) is 0 Å². The number of carbonyl (C=O) groups excluding carboxylic acids is 2. The maximum atomic E-state index is 13.7. The van der Waals surface area contributed by atoms with Gasteiger partial charge in [-0.15, -0.1) is 0 Å². The van der Waals surface area contributed by atoms with Crippen molar-refractivity contribution >= 4 is 29.0 Å². The molecule has 0 N–H and O–H groups in total. The first-order valence-electron chi connectivity index (χ1n) is 11.2. The molecule has 0 unspecified atom stereocenters. The lowest BCUT2D eigenvalue weighted by Crippen LogP contribution is -2.48. The Hall–Kier alpha value is -4.00. The van der Waals surface area contributed by atoms with Crippen molar-refractivity contribution in [2.75, 3.05) is 36.0 Å². The second kappa shape index (κ2) is 8.86. The minimum Gasteiger partial charge on any atom is -0.363 e. The van der Waals surface area contributed by atoms with Crippen molar-refractivity contribution in [3.8, 4) is 0 Å². The zero-order valence-corrected chi connectivity index (χ0v) is 18.5. The van der Waals surface area contributed by atoms with Crippen LogP contribution in [0.4, 0.5) is 11.6 Å². The van der Waals surface area contributed by atoms with Crippen LogP contribution in [0.15, 0.2) is 78.8 Å². The summed E-state index contributed by atoms with van der Waals surface area (Å²) in [6, 6.07) is 18.9. The van der Waals surface area contributed by atoms with Gasteiger partial charge in [-0.05, 0) is 35.7 Å². The minimum atomic E-state index is -0.278. The third kappa shape index (κ3) is 3.86. The summed E-state index contributed by atoms with van der Waals surface area (Å²) in [5.74, 6) is 0.132. The second-order valence-corrected chi connectivity index (χ2v) is 8.08. The van der Waals surface area contributed by atoms with Crippen molar-refractivity contribution < 1.29 is 9.59 Å². The zero-order valence-electron chi connectivity index (χ0n) is 18.5. The molecule has 2 amide bonds. The van der Waals surface area contributed by atoms with E-state index in [1.807, 2.05) is 59.5 Å². The summed E-state index contributed by atoms with van der Waals surface area (Å²) in [5, 5.41) is 0. The zero-order chi connectivity index (χ0) is 22.8. The number of benzene rings is 2. The van der Waals surface area contributed by atoms with Gasteiger partial charge in [-0.3, -0.25) is 9.59 Å². The summed E-state index contributed by atoms with van der Waals surface area (Å²) in [4.78, 5) is 41.4. The lowest BCUT2D eigenvalue weighted by molar-refractivity contribution is -0.120. The maximum absolute atomic E-state index is 13.7. The summed E-state index contributed by atoms with van der Waals surface area (Å²) in [5.41, 5.74) is 3.45. The van der Waals surface area contributed by atoms with Crippen LogP contribution in [0.5, 0.6) is 0 Å². The molecule has 0 spiro atoms. The molecule has 166 valence electrons. The number of piperazine rings is 1. The summed E-state index contributed by atoms with van der Waals surface area (Å²) in [6.07, 6.45) is 4.35. The van der Waals surface area contributed by atoms with Gasteiger partial charge in [-0.1, -0.05) is 49.4 Å². The Balaban J connectivity index is 1.48. The molecule has 0 aliphatic carbocycles. The molecule has 0 bridgehead atoms. The highest BCUT2D eigenvalue weighted by Crippen LogP contribution is 2.35. The molecule has 7 heteroatoms. The molecule has 1 fully saturated rings. The van der Waals surface area contributed by atoms with Crippen molar-refractivity contribution in [2.24, 2.45) is 0 Å². The lowest BCUT2D eigenvalue weighted by Gasteiger charge is -2.36. The number of hydrogen-bond donors (Lipinski definition) is 0. The Morgan fingerprint density at radius 1 is 0.758 bits per heavy atom. The fraction of sp³-hybridized carbons (Fsp3) is 0.231. The first-order chi connectivity index (χ1) is 16.2. The molecule has 1 aromatic heterocycles. The average molecular weight is 440 g/mol. The SMILES string of the molecule is CCc1ccc(N2C(=O)C(c3ccccc3)=C(N3CCN(c4ncccn4)CC3)C2=O)cc1. The van der Waals surface area contributed by atoms with Gasteiger partial charge >= 0.3 is 0 Å². The van der Waals surface area contributed by atoms with E-state index in [-0.39, 0.29) is 11.8 Å². The fourth-order valence-electron chi connectivity index (χ4n) is 4.38. The fourth-order valence-corrected chi connectivity index (χ4v) is 4.38. The summed E-state index contributed by atoms with van der Waals surface area (Å²) < 4.78 is 0. The van der Waals surface area contributed by atoms with Crippen molar-refractivity contribution in [3.05, 3.63) is 89.9 Å². The molecule has 3 heterocycles. The molecule has 0 atom stereocenters. The Morgan fingerprint density at radius 3 is 2.03 bits per heavy atom. The van der Waals surface area contributed by atoms with Gasteiger partial charge in [0.15, 0.2) is 0 Å². The second-order valence-electron chi connectivity index (χ2n) is 8.08. The number of aryl methyl sites for hydroxylation is 1. The highest BCUT2D eigenvalue weighted by molar-refractivity contribution is 6.45. The van der Waals surface area contributed by atoms with Crippen LogP contribution >= 0.6 is 0 Å². The van der Waals surface area contributed by atoms with Crippen molar-refractivity contribution in [1.29, 1.82) is 0 Å². The Bertz CT molecular complexity index is 1180. The summed E-state index contributed by atoms with van der Waals surface area (Å²) >= 11 is 0. The maximum Gasteiger partial charge on any atom is 0.282 e. The molecule has 7 nitrogen and oxygen atoms in total. The topological polar surface area (TPSA) is 69.6 Å². The Labute approximate surface area is 193 Å². The van der Waals surface area contributed by atoms with Gasteiger partial charge in [-0.25, -0.2) is 14.9 Å². The minimum absolute atomic E-state index is 0.271. The van der Waals surface area contributed by atoms with Crippen LogP contribution < -0.4 is 9.80 Å². The van der Waals surface area contributed by atoms with E-state index < -0.39 is 0 Å². The van der Waals surface area contributed by atoms with Crippen molar-refractivity contribution in [2.45, 2.75) is 13.3 Å². The highest BCUT2D eigenvalue weighted by atomic mass is 16.2. The van der Waals surface area contributed by atoms with Crippen LogP contribution in [0, 0.1) is 0 Å². The monoisotopic (exact) mass is 439 g/mol. The summed E-state index contributed by atoms with van der Waals surface area (Å²) in [7, 11) is 0. The smallest absolute Gasteiger partial charge is 0.282 e. The van der Waals surface area contributed by atoms with Crippen LogP contribution in [0.25, 0.3) is 5.57 Å². The normalized spacial score (nSPS) is 16.7. The van der Waals surface area contributed by atoms with E-state index in [2.05, 4.69) is 21.8 Å². The average Bonchev–Trinajstić information content (AvgIpc) is 3.15. The van der Waals surface area contributed by atoms with Gasteiger partial charge in [0.1, 0.15) is 5.70 Å². The molecule has 0 radical (unpaired) electrons. The van der Waals surface area contributed by atoms with E-state index >= 15 is 0 Å². The van der Waals surface area contributed by atoms with E-state index in [4.69, 9.17) is 0 Å². The van der Waals surface area contributed by atoms with Crippen molar-refractivity contribution in [1.82, 2.24) is 14.9 Å². The van der Waals surface area contributed by atoms with E-state index in [0.29, 0.717) is 49.1 Å². The standard InChI is InChI=1S/C26H25N5O2/c1-2-19-9-11-21(12-10-19)31-24(32)22(20-7-4-3-5-8-20)23(25(31)33)29-15-17-30(18-16-29)26-27-13-6-14-28-26/h3-14H,2,15-18H2,1H3. The van der Waals surface area contributed by atoms with E-state index in [1.54, 1.807) is 18.5 Å². The van der Waals surface area contributed by atoms with Crippen LogP contribution in [-0.4, -0.2) is 52.9 Å². The Morgan fingerprint density at radius 2 is 1.39 bits per heavy atom. The predicted molar refractivity (Wildman–Crippen MR) is 127 cm³/mol. The largest absolute Gasteiger partial charge is 0.363 e. The van der Waals surface area contributed by atoms with Gasteiger partial charge in [-0.2, -0.15) is 0 Å². The first kappa shape index (κ1) is 20.9. The van der Waals surface area contributed by atoms with Gasteiger partial charge < -0.3 is 9.80 Å². The molecule has 2 aliphatic rings. The predicted octanol–water partition coefficient (Wildman–Crippen LogP) is 3.15. The quantitative estimate of drug-likeness (QED) is 0.569. The van der Waals surface area contributed by atoms with E-state index in [9.17, 15) is 9.59 Å². The van der Waals surface area contributed by atoms with E-state index in [0.717, 1.165) is 17.5 Å². The van der Waals surface area contributed by atoms with Gasteiger partial charge in [0.2, 0.25) is 5.95 Å². The number of aromatic nitrogens is 2. The van der Waals surface area contributed by atoms with Crippen LogP contribution in [-0.2, 0) is 16.0 Å². The van der Waals surface area contributed by atoms with Gasteiger partial charge in [0, 0.05) is 38.6 Å². The summed E-state index contributed by atoms with van der Waals surface area (Å²) in [6.45, 7) is 4.62. The number of rotatable bonds is 5. The molecule has 33 heavy (non-hydrogen) atoms. The third-order valence-electron chi connectivity index (χ3n) is 6.16. The first-order valence-corrected chi connectivity index (χ1v) is 11.2. The molecule has 2 aliphatic heterocycles.